The normalized spacial score (nSPS) is 10.7. The van der Waals surface area contributed by atoms with E-state index in [0.29, 0.717) is 6.61 Å². The Morgan fingerprint density at radius 2 is 2.08 bits per heavy atom. The molecule has 0 aliphatic rings. The maximum absolute atomic E-state index is 8.60. The van der Waals surface area contributed by atoms with Crippen molar-refractivity contribution >= 4 is 0 Å². The zero-order valence-electron chi connectivity index (χ0n) is 8.45. The standard InChI is InChI=1S/C10H18N2O/c1-9-10(2)12(8-11-9)6-4-3-5-7-13/h8,13H,3-7H2,1-2H3. The first kappa shape index (κ1) is 10.3. The molecule has 0 amide bonds. The molecule has 1 aromatic heterocycles. The van der Waals surface area contributed by atoms with Crippen LogP contribution in [-0.2, 0) is 6.54 Å². The molecule has 0 unspecified atom stereocenters. The van der Waals surface area contributed by atoms with Crippen LogP contribution in [0.1, 0.15) is 30.7 Å². The molecule has 1 heterocycles. The molecule has 13 heavy (non-hydrogen) atoms. The Kier molecular flexibility index (Phi) is 3.96. The van der Waals surface area contributed by atoms with Crippen LogP contribution in [0.2, 0.25) is 0 Å². The van der Waals surface area contributed by atoms with Gasteiger partial charge in [-0.05, 0) is 33.1 Å². The Balaban J connectivity index is 2.32. The molecule has 0 aliphatic carbocycles. The molecule has 0 radical (unpaired) electrons. The van der Waals surface area contributed by atoms with Crippen LogP contribution >= 0.6 is 0 Å². The third-order valence-corrected chi connectivity index (χ3v) is 2.40. The topological polar surface area (TPSA) is 38.0 Å². The number of nitrogens with zero attached hydrogens (tertiary/aromatic N) is 2. The summed E-state index contributed by atoms with van der Waals surface area (Å²) >= 11 is 0. The van der Waals surface area contributed by atoms with Crippen molar-refractivity contribution in [1.29, 1.82) is 0 Å². The maximum Gasteiger partial charge on any atom is 0.0951 e. The van der Waals surface area contributed by atoms with Gasteiger partial charge >= 0.3 is 0 Å². The van der Waals surface area contributed by atoms with Gasteiger partial charge in [-0.25, -0.2) is 4.98 Å². The van der Waals surface area contributed by atoms with Crippen molar-refractivity contribution in [1.82, 2.24) is 9.55 Å². The molecule has 3 nitrogen and oxygen atoms in total. The average Bonchev–Trinajstić information content (AvgIpc) is 2.43. The molecule has 0 spiro atoms. The number of aliphatic hydroxyl groups is 1. The molecular formula is C10H18N2O. The summed E-state index contributed by atoms with van der Waals surface area (Å²) in [4.78, 5) is 4.23. The lowest BCUT2D eigenvalue weighted by atomic mass is 10.2. The van der Waals surface area contributed by atoms with Gasteiger partial charge in [-0.2, -0.15) is 0 Å². The van der Waals surface area contributed by atoms with Gasteiger partial charge in [-0.3, -0.25) is 0 Å². The van der Waals surface area contributed by atoms with Crippen LogP contribution in [0.4, 0.5) is 0 Å². The molecule has 0 aliphatic heterocycles. The third-order valence-electron chi connectivity index (χ3n) is 2.40. The fraction of sp³-hybridized carbons (Fsp3) is 0.700. The minimum Gasteiger partial charge on any atom is -0.396 e. The van der Waals surface area contributed by atoms with E-state index < -0.39 is 0 Å². The Morgan fingerprint density at radius 1 is 1.31 bits per heavy atom. The summed E-state index contributed by atoms with van der Waals surface area (Å²) in [6, 6.07) is 0. The van der Waals surface area contributed by atoms with E-state index >= 15 is 0 Å². The summed E-state index contributed by atoms with van der Waals surface area (Å²) in [6.07, 6.45) is 5.01. The van der Waals surface area contributed by atoms with Gasteiger partial charge < -0.3 is 9.67 Å². The first-order chi connectivity index (χ1) is 6.25. The second-order valence-electron chi connectivity index (χ2n) is 3.39. The van der Waals surface area contributed by atoms with E-state index in [0.717, 1.165) is 31.5 Å². The highest BCUT2D eigenvalue weighted by Crippen LogP contribution is 2.06. The van der Waals surface area contributed by atoms with Gasteiger partial charge in [0.15, 0.2) is 0 Å². The summed E-state index contributed by atoms with van der Waals surface area (Å²) in [7, 11) is 0. The van der Waals surface area contributed by atoms with Gasteiger partial charge in [0.25, 0.3) is 0 Å². The number of hydrogen-bond acceptors (Lipinski definition) is 2. The SMILES string of the molecule is Cc1ncn(CCCCCO)c1C. The molecule has 0 saturated heterocycles. The molecular weight excluding hydrogens is 164 g/mol. The molecule has 1 rings (SSSR count). The first-order valence-electron chi connectivity index (χ1n) is 4.85. The van der Waals surface area contributed by atoms with Crippen LogP contribution in [0.5, 0.6) is 0 Å². The van der Waals surface area contributed by atoms with Crippen molar-refractivity contribution in [3.63, 3.8) is 0 Å². The zero-order chi connectivity index (χ0) is 9.68. The molecule has 1 aromatic rings. The molecule has 74 valence electrons. The summed E-state index contributed by atoms with van der Waals surface area (Å²) in [5.74, 6) is 0. The molecule has 0 atom stereocenters. The summed E-state index contributed by atoms with van der Waals surface area (Å²) in [5.41, 5.74) is 2.37. The largest absolute Gasteiger partial charge is 0.396 e. The predicted molar refractivity (Wildman–Crippen MR) is 52.6 cm³/mol. The average molecular weight is 182 g/mol. The summed E-state index contributed by atoms with van der Waals surface area (Å²) in [6.45, 7) is 5.45. The Bertz CT molecular complexity index is 255. The van der Waals surface area contributed by atoms with Gasteiger partial charge in [0, 0.05) is 18.8 Å². The van der Waals surface area contributed by atoms with E-state index in [9.17, 15) is 0 Å². The van der Waals surface area contributed by atoms with E-state index in [1.165, 1.54) is 5.69 Å². The summed E-state index contributed by atoms with van der Waals surface area (Å²) < 4.78 is 2.17. The van der Waals surface area contributed by atoms with Crippen molar-refractivity contribution in [3.8, 4) is 0 Å². The van der Waals surface area contributed by atoms with Crippen molar-refractivity contribution < 1.29 is 5.11 Å². The van der Waals surface area contributed by atoms with Gasteiger partial charge in [-0.15, -0.1) is 0 Å². The lowest BCUT2D eigenvalue weighted by molar-refractivity contribution is 0.282. The fourth-order valence-corrected chi connectivity index (χ4v) is 1.34. The van der Waals surface area contributed by atoms with Crippen molar-refractivity contribution in [3.05, 3.63) is 17.7 Å². The quantitative estimate of drug-likeness (QED) is 0.703. The lowest BCUT2D eigenvalue weighted by Gasteiger charge is -2.04. The van der Waals surface area contributed by atoms with Crippen molar-refractivity contribution in [2.45, 2.75) is 39.7 Å². The lowest BCUT2D eigenvalue weighted by Crippen LogP contribution is -1.99. The molecule has 0 bridgehead atoms. The Morgan fingerprint density at radius 3 is 2.62 bits per heavy atom. The van der Waals surface area contributed by atoms with Gasteiger partial charge in [-0.1, -0.05) is 0 Å². The third kappa shape index (κ3) is 2.84. The number of hydrogen-bond donors (Lipinski definition) is 1. The number of aliphatic hydroxyl groups excluding tert-OH is 1. The molecule has 3 heteroatoms. The van der Waals surface area contributed by atoms with E-state index in [1.54, 1.807) is 0 Å². The van der Waals surface area contributed by atoms with E-state index in [1.807, 2.05) is 13.3 Å². The van der Waals surface area contributed by atoms with Gasteiger partial charge in [0.1, 0.15) is 0 Å². The van der Waals surface area contributed by atoms with Crippen LogP contribution in [-0.4, -0.2) is 21.3 Å². The monoisotopic (exact) mass is 182 g/mol. The second-order valence-corrected chi connectivity index (χ2v) is 3.39. The predicted octanol–water partition coefficient (Wildman–Crippen LogP) is 1.66. The van der Waals surface area contributed by atoms with Gasteiger partial charge in [0.2, 0.25) is 0 Å². The van der Waals surface area contributed by atoms with E-state index in [-0.39, 0.29) is 0 Å². The maximum atomic E-state index is 8.60. The van der Waals surface area contributed by atoms with Crippen LogP contribution < -0.4 is 0 Å². The zero-order valence-corrected chi connectivity index (χ0v) is 8.45. The van der Waals surface area contributed by atoms with Crippen LogP contribution in [0.25, 0.3) is 0 Å². The van der Waals surface area contributed by atoms with Crippen LogP contribution in [0.3, 0.4) is 0 Å². The smallest absolute Gasteiger partial charge is 0.0951 e. The number of rotatable bonds is 5. The van der Waals surface area contributed by atoms with Crippen molar-refractivity contribution in [2.75, 3.05) is 6.61 Å². The molecule has 1 N–H and O–H groups in total. The Labute approximate surface area is 79.4 Å². The molecule has 0 aromatic carbocycles. The highest BCUT2D eigenvalue weighted by Gasteiger charge is 2.00. The minimum absolute atomic E-state index is 0.307. The van der Waals surface area contributed by atoms with E-state index in [2.05, 4.69) is 16.5 Å². The van der Waals surface area contributed by atoms with Gasteiger partial charge in [0.05, 0.1) is 12.0 Å². The number of aromatic nitrogens is 2. The fourth-order valence-electron chi connectivity index (χ4n) is 1.34. The van der Waals surface area contributed by atoms with Crippen LogP contribution in [0, 0.1) is 13.8 Å². The summed E-state index contributed by atoms with van der Waals surface area (Å²) in [5, 5.41) is 8.60. The minimum atomic E-state index is 0.307. The molecule has 0 fully saturated rings. The first-order valence-corrected chi connectivity index (χ1v) is 4.85. The molecule has 0 saturated carbocycles. The highest BCUT2D eigenvalue weighted by atomic mass is 16.2. The second kappa shape index (κ2) is 5.02. The van der Waals surface area contributed by atoms with Crippen molar-refractivity contribution in [2.24, 2.45) is 0 Å². The number of imidazole rings is 1. The van der Waals surface area contributed by atoms with Crippen LogP contribution in [0.15, 0.2) is 6.33 Å². The van der Waals surface area contributed by atoms with E-state index in [4.69, 9.17) is 5.11 Å². The highest BCUT2D eigenvalue weighted by molar-refractivity contribution is 5.08. The number of aryl methyl sites for hydroxylation is 2. The number of unbranched alkanes of at least 4 members (excludes halogenated alkanes) is 2. The Hall–Kier alpha value is -0.830.